The zero-order chi connectivity index (χ0) is 22.5. The van der Waals surface area contributed by atoms with E-state index in [1.165, 1.54) is 0 Å². The van der Waals surface area contributed by atoms with Crippen molar-refractivity contribution in [1.82, 2.24) is 15.3 Å². The first-order chi connectivity index (χ1) is 14.7. The summed E-state index contributed by atoms with van der Waals surface area (Å²) < 4.78 is 5.05. The fourth-order valence-corrected chi connectivity index (χ4v) is 3.00. The SMILES string of the molecule is Cc1cccc(C)c1NC(=O)CNC(=O)COC(=O)c1ccc2nc(C)c(C)nc2c1. The summed E-state index contributed by atoms with van der Waals surface area (Å²) in [4.78, 5) is 45.2. The Morgan fingerprint density at radius 2 is 1.52 bits per heavy atom. The molecule has 2 aromatic carbocycles. The molecular formula is C23H24N4O4. The summed E-state index contributed by atoms with van der Waals surface area (Å²) in [5, 5.41) is 5.22. The van der Waals surface area contributed by atoms with Crippen molar-refractivity contribution in [3.8, 4) is 0 Å². The minimum absolute atomic E-state index is 0.228. The molecule has 3 rings (SSSR count). The van der Waals surface area contributed by atoms with Crippen LogP contribution in [0.1, 0.15) is 32.9 Å². The van der Waals surface area contributed by atoms with E-state index in [1.54, 1.807) is 18.2 Å². The van der Waals surface area contributed by atoms with Crippen LogP contribution in [0.15, 0.2) is 36.4 Å². The summed E-state index contributed by atoms with van der Waals surface area (Å²) >= 11 is 0. The summed E-state index contributed by atoms with van der Waals surface area (Å²) in [7, 11) is 0. The highest BCUT2D eigenvalue weighted by molar-refractivity contribution is 5.97. The van der Waals surface area contributed by atoms with E-state index >= 15 is 0 Å². The van der Waals surface area contributed by atoms with Gasteiger partial charge in [-0.25, -0.2) is 14.8 Å². The number of para-hydroxylation sites is 1. The molecule has 0 radical (unpaired) electrons. The Kier molecular flexibility index (Phi) is 6.59. The summed E-state index contributed by atoms with van der Waals surface area (Å²) in [6.45, 7) is 6.77. The van der Waals surface area contributed by atoms with Crippen molar-refractivity contribution < 1.29 is 19.1 Å². The summed E-state index contributed by atoms with van der Waals surface area (Å²) in [6.07, 6.45) is 0. The number of amides is 2. The van der Waals surface area contributed by atoms with Gasteiger partial charge in [-0.1, -0.05) is 18.2 Å². The van der Waals surface area contributed by atoms with Gasteiger partial charge in [-0.05, 0) is 57.0 Å². The molecule has 1 heterocycles. The van der Waals surface area contributed by atoms with Crippen LogP contribution in [0.5, 0.6) is 0 Å². The maximum absolute atomic E-state index is 12.3. The Hall–Kier alpha value is -3.81. The lowest BCUT2D eigenvalue weighted by Gasteiger charge is -2.12. The molecule has 0 bridgehead atoms. The maximum Gasteiger partial charge on any atom is 0.338 e. The third-order valence-corrected chi connectivity index (χ3v) is 4.84. The standard InChI is InChI=1S/C23H24N4O4/c1-13-6-5-7-14(2)22(13)27-20(28)11-24-21(29)12-31-23(30)17-8-9-18-19(10-17)26-16(4)15(3)25-18/h5-10H,11-12H2,1-4H3,(H,24,29)(H,27,28). The number of esters is 1. The van der Waals surface area contributed by atoms with Crippen LogP contribution in [0.2, 0.25) is 0 Å². The lowest BCUT2D eigenvalue weighted by Crippen LogP contribution is -2.35. The zero-order valence-corrected chi connectivity index (χ0v) is 17.9. The van der Waals surface area contributed by atoms with E-state index in [-0.39, 0.29) is 18.0 Å². The number of hydrogen-bond donors (Lipinski definition) is 2. The second-order valence-electron chi connectivity index (χ2n) is 7.27. The minimum atomic E-state index is -0.655. The van der Waals surface area contributed by atoms with Crippen LogP contribution in [0.25, 0.3) is 11.0 Å². The first kappa shape index (κ1) is 21.9. The molecule has 3 aromatic rings. The van der Waals surface area contributed by atoms with Gasteiger partial charge in [0.1, 0.15) is 0 Å². The number of aromatic nitrogens is 2. The van der Waals surface area contributed by atoms with E-state index in [0.29, 0.717) is 11.0 Å². The Morgan fingerprint density at radius 1 is 0.871 bits per heavy atom. The monoisotopic (exact) mass is 420 g/mol. The van der Waals surface area contributed by atoms with Gasteiger partial charge in [0.05, 0.1) is 34.5 Å². The zero-order valence-electron chi connectivity index (χ0n) is 17.9. The van der Waals surface area contributed by atoms with E-state index in [2.05, 4.69) is 20.6 Å². The molecule has 0 saturated heterocycles. The molecule has 0 aliphatic carbocycles. The van der Waals surface area contributed by atoms with Gasteiger partial charge in [-0.15, -0.1) is 0 Å². The van der Waals surface area contributed by atoms with Crippen LogP contribution in [0, 0.1) is 27.7 Å². The fraction of sp³-hybridized carbons (Fsp3) is 0.261. The van der Waals surface area contributed by atoms with Crippen LogP contribution >= 0.6 is 0 Å². The molecule has 2 amide bonds. The van der Waals surface area contributed by atoms with E-state index in [4.69, 9.17) is 4.74 Å². The van der Waals surface area contributed by atoms with Gasteiger partial charge in [0.25, 0.3) is 5.91 Å². The molecule has 0 unspecified atom stereocenters. The van der Waals surface area contributed by atoms with Gasteiger partial charge in [0.2, 0.25) is 5.91 Å². The lowest BCUT2D eigenvalue weighted by molar-refractivity contribution is -0.126. The van der Waals surface area contributed by atoms with Gasteiger partial charge in [-0.2, -0.15) is 0 Å². The number of anilines is 1. The summed E-state index contributed by atoms with van der Waals surface area (Å²) in [5.74, 6) is -1.59. The molecule has 8 nitrogen and oxygen atoms in total. The van der Waals surface area contributed by atoms with Crippen LogP contribution < -0.4 is 10.6 Å². The quantitative estimate of drug-likeness (QED) is 0.594. The molecule has 2 N–H and O–H groups in total. The molecule has 160 valence electrons. The largest absolute Gasteiger partial charge is 0.452 e. The number of nitrogens with one attached hydrogen (secondary N) is 2. The highest BCUT2D eigenvalue weighted by atomic mass is 16.5. The van der Waals surface area contributed by atoms with Crippen molar-refractivity contribution in [2.75, 3.05) is 18.5 Å². The predicted octanol–water partition coefficient (Wildman–Crippen LogP) is 2.78. The molecule has 0 atom stereocenters. The van der Waals surface area contributed by atoms with Gasteiger partial charge in [-0.3, -0.25) is 9.59 Å². The molecule has 0 saturated carbocycles. The van der Waals surface area contributed by atoms with E-state index < -0.39 is 18.5 Å². The first-order valence-corrected chi connectivity index (χ1v) is 9.79. The number of hydrogen-bond acceptors (Lipinski definition) is 6. The van der Waals surface area contributed by atoms with Gasteiger partial charge < -0.3 is 15.4 Å². The smallest absolute Gasteiger partial charge is 0.338 e. The molecule has 31 heavy (non-hydrogen) atoms. The molecule has 8 heteroatoms. The maximum atomic E-state index is 12.3. The predicted molar refractivity (Wildman–Crippen MR) is 117 cm³/mol. The summed E-state index contributed by atoms with van der Waals surface area (Å²) in [6, 6.07) is 10.5. The van der Waals surface area contributed by atoms with Crippen LogP contribution in [-0.2, 0) is 14.3 Å². The van der Waals surface area contributed by atoms with Gasteiger partial charge >= 0.3 is 5.97 Å². The number of carbonyl (C=O) groups excluding carboxylic acids is 3. The van der Waals surface area contributed by atoms with E-state index in [9.17, 15) is 14.4 Å². The highest BCUT2D eigenvalue weighted by Crippen LogP contribution is 2.19. The van der Waals surface area contributed by atoms with E-state index in [1.807, 2.05) is 45.9 Å². The Morgan fingerprint density at radius 3 is 2.19 bits per heavy atom. The van der Waals surface area contributed by atoms with Gasteiger partial charge in [0, 0.05) is 5.69 Å². The normalized spacial score (nSPS) is 10.6. The van der Waals surface area contributed by atoms with Crippen LogP contribution in [-0.4, -0.2) is 40.9 Å². The first-order valence-electron chi connectivity index (χ1n) is 9.79. The molecule has 1 aromatic heterocycles. The van der Waals surface area contributed by atoms with Crippen molar-refractivity contribution in [2.24, 2.45) is 0 Å². The molecule has 0 aliphatic rings. The number of fused-ring (bicyclic) bond motifs is 1. The average molecular weight is 420 g/mol. The Bertz CT molecular complexity index is 1150. The fourth-order valence-electron chi connectivity index (χ4n) is 3.00. The van der Waals surface area contributed by atoms with Crippen LogP contribution in [0.4, 0.5) is 5.69 Å². The second kappa shape index (κ2) is 9.34. The third kappa shape index (κ3) is 5.42. The highest BCUT2D eigenvalue weighted by Gasteiger charge is 2.13. The number of nitrogens with zero attached hydrogens (tertiary/aromatic N) is 2. The third-order valence-electron chi connectivity index (χ3n) is 4.84. The molecular weight excluding hydrogens is 396 g/mol. The van der Waals surface area contributed by atoms with Crippen molar-refractivity contribution in [3.05, 3.63) is 64.5 Å². The van der Waals surface area contributed by atoms with Crippen LogP contribution in [0.3, 0.4) is 0 Å². The second-order valence-corrected chi connectivity index (χ2v) is 7.27. The minimum Gasteiger partial charge on any atom is -0.452 e. The summed E-state index contributed by atoms with van der Waals surface area (Å²) in [5.41, 5.74) is 5.69. The Labute approximate surface area is 180 Å². The van der Waals surface area contributed by atoms with E-state index in [0.717, 1.165) is 28.2 Å². The number of benzene rings is 2. The van der Waals surface area contributed by atoms with Crippen molar-refractivity contribution in [2.45, 2.75) is 27.7 Å². The topological polar surface area (TPSA) is 110 Å². The number of rotatable bonds is 6. The number of aryl methyl sites for hydroxylation is 4. The molecule has 0 fully saturated rings. The number of ether oxygens (including phenoxy) is 1. The lowest BCUT2D eigenvalue weighted by atomic mass is 10.1. The molecule has 0 spiro atoms. The average Bonchev–Trinajstić information content (AvgIpc) is 2.73. The number of carbonyl (C=O) groups is 3. The Balaban J connectivity index is 1.51. The molecule has 0 aliphatic heterocycles. The van der Waals surface area contributed by atoms with Crippen molar-refractivity contribution in [3.63, 3.8) is 0 Å². The van der Waals surface area contributed by atoms with Crippen molar-refractivity contribution >= 4 is 34.5 Å². The van der Waals surface area contributed by atoms with Crippen molar-refractivity contribution in [1.29, 1.82) is 0 Å². The van der Waals surface area contributed by atoms with Gasteiger partial charge in [0.15, 0.2) is 6.61 Å².